The molecule has 1 unspecified atom stereocenters. The summed E-state index contributed by atoms with van der Waals surface area (Å²) in [6, 6.07) is -1.29. The van der Waals surface area contributed by atoms with Gasteiger partial charge in [0.1, 0.15) is 24.7 Å². The average Bonchev–Trinajstić information content (AvgIpc) is 0.785. The maximum absolute atomic E-state index is 13.8. The van der Waals surface area contributed by atoms with Crippen molar-refractivity contribution >= 4 is 31.5 Å². The lowest BCUT2D eigenvalue weighted by Crippen LogP contribution is -2.63. The maximum Gasteiger partial charge on any atom is 0.329 e. The lowest BCUT2D eigenvalue weighted by molar-refractivity contribution is -0.309. The summed E-state index contributed by atoms with van der Waals surface area (Å²) in [7, 11) is -4.55. The summed E-state index contributed by atoms with van der Waals surface area (Å²) in [5.41, 5.74) is 0. The largest absolute Gasteiger partial charge is 0.481 e. The number of hydrogen-bond acceptors (Lipinski definition) is 23. The van der Waals surface area contributed by atoms with Crippen LogP contribution in [0.3, 0.4) is 0 Å². The molecule has 114 heavy (non-hydrogen) atoms. The summed E-state index contributed by atoms with van der Waals surface area (Å²) in [4.78, 5) is 63.3. The number of ether oxygens (including phenoxy) is 6. The third-order valence-electron chi connectivity index (χ3n) is 21.9. The number of allylic oxidation sites excluding steroid dienone is 12. The molecule has 3 aliphatic rings. The van der Waals surface area contributed by atoms with Crippen LogP contribution in [0.4, 0.5) is 0 Å². The van der Waals surface area contributed by atoms with E-state index in [4.69, 9.17) is 32.9 Å². The van der Waals surface area contributed by atoms with Gasteiger partial charge in [0, 0.05) is 56.9 Å². The first-order valence-corrected chi connectivity index (χ1v) is 45.3. The van der Waals surface area contributed by atoms with Crippen LogP contribution in [-0.2, 0) is 56.7 Å². The number of carbonyl (C=O) groups is 4. The molecule has 0 aromatic carbocycles. The second kappa shape index (κ2) is 61.9. The molecule has 2 saturated heterocycles. The molecule has 0 amide bonds. The van der Waals surface area contributed by atoms with Crippen LogP contribution in [0.2, 0.25) is 0 Å². The monoisotopic (exact) mass is 1640 g/mol. The minimum atomic E-state index is -4.55. The van der Waals surface area contributed by atoms with Gasteiger partial charge in [-0.3, -0.25) is 23.7 Å². The zero-order valence-corrected chi connectivity index (χ0v) is 70.8. The number of carboxylic acid groups (broad SMARTS) is 1. The zero-order valence-electron chi connectivity index (χ0n) is 69.9. The van der Waals surface area contributed by atoms with Crippen LogP contribution >= 0.6 is 7.60 Å². The maximum atomic E-state index is 13.8. The lowest BCUT2D eigenvalue weighted by atomic mass is 9.82. The van der Waals surface area contributed by atoms with Gasteiger partial charge in [-0.2, -0.15) is 0 Å². The Morgan fingerprint density at radius 1 is 0.535 bits per heavy atom. The molecule has 25 nitrogen and oxygen atoms in total. The highest BCUT2D eigenvalue weighted by atomic mass is 31.2. The van der Waals surface area contributed by atoms with Crippen LogP contribution in [0.1, 0.15) is 298 Å². The first kappa shape index (κ1) is 104. The van der Waals surface area contributed by atoms with E-state index < -0.39 is 198 Å². The molecule has 2 bridgehead atoms. The molecule has 0 aromatic rings. The number of cyclic esters (lactones) is 1. The molecule has 0 radical (unpaired) electrons. The van der Waals surface area contributed by atoms with Crippen molar-refractivity contribution in [3.8, 4) is 0 Å². The molecule has 2 fully saturated rings. The minimum absolute atomic E-state index is 0.0970. The highest BCUT2D eigenvalue weighted by Crippen LogP contribution is 2.42. The normalized spacial score (nSPS) is 31.8. The Morgan fingerprint density at radius 3 is 1.51 bits per heavy atom. The molecule has 21 atom stereocenters. The van der Waals surface area contributed by atoms with Crippen LogP contribution in [-0.4, -0.2) is 214 Å². The van der Waals surface area contributed by atoms with Gasteiger partial charge in [0.2, 0.25) is 0 Å². The van der Waals surface area contributed by atoms with Crippen molar-refractivity contribution in [2.75, 3.05) is 25.9 Å². The van der Waals surface area contributed by atoms with Gasteiger partial charge in [0.25, 0.3) is 0 Å². The van der Waals surface area contributed by atoms with E-state index in [0.717, 1.165) is 51.4 Å². The van der Waals surface area contributed by atoms with Gasteiger partial charge in [-0.05, 0) is 46.0 Å². The summed E-state index contributed by atoms with van der Waals surface area (Å²) in [6.45, 7) is 9.83. The molecule has 0 saturated carbocycles. The molecule has 3 heterocycles. The number of nitrogens with one attached hydrogen (secondary N) is 1. The van der Waals surface area contributed by atoms with Crippen molar-refractivity contribution in [2.24, 2.45) is 17.8 Å². The third-order valence-corrected chi connectivity index (χ3v) is 23.2. The van der Waals surface area contributed by atoms with Crippen LogP contribution in [0.15, 0.2) is 85.1 Å². The molecule has 658 valence electrons. The van der Waals surface area contributed by atoms with Gasteiger partial charge < -0.3 is 99.3 Å². The van der Waals surface area contributed by atoms with Crippen LogP contribution < -0.4 is 5.32 Å². The van der Waals surface area contributed by atoms with Crippen molar-refractivity contribution in [3.05, 3.63) is 85.1 Å². The van der Waals surface area contributed by atoms with E-state index in [1.54, 1.807) is 86.8 Å². The molecule has 0 aliphatic carbocycles. The summed E-state index contributed by atoms with van der Waals surface area (Å²) in [5, 5.41) is 126. The van der Waals surface area contributed by atoms with Gasteiger partial charge >= 0.3 is 31.5 Å². The summed E-state index contributed by atoms with van der Waals surface area (Å²) < 4.78 is 54.7. The van der Waals surface area contributed by atoms with Crippen LogP contribution in [0, 0.1) is 17.8 Å². The van der Waals surface area contributed by atoms with E-state index in [9.17, 15) is 84.8 Å². The van der Waals surface area contributed by atoms with Crippen molar-refractivity contribution in [1.29, 1.82) is 0 Å². The Bertz CT molecular complexity index is 2820. The molecule has 26 heteroatoms. The molecule has 3 rings (SSSR count). The SMILES string of the molecule is CCCCCCCCCCCCCCCCCC(=O)OC[C@H](COP(=O)(O)CCN[C@@H]1[C@H](O)[C@H](O[C@H]2/C=C/C=C/C=C/C=C/C=C/C=C/C=C/[C@H](C)[C@@H](O)[C@@H](C)[C@H](C)OC(=O)C[C@H](O)C[C@H](O)CC[C@@H](O)[C@H](O)C[C@H](O)C[C@]3(O)C[C@H](O)[C@@H](C(=O)O)[C@H](C2)O3)O[C@H](C)[C@H]1O)OC(=O)CCCCCCCCCCCCCCCCC. The molecule has 13 N–H and O–H groups in total. The number of carbonyl (C=O) groups excluding carboxylic acids is 3. The fourth-order valence-electron chi connectivity index (χ4n) is 14.7. The predicted molar refractivity (Wildman–Crippen MR) is 441 cm³/mol. The van der Waals surface area contributed by atoms with Crippen LogP contribution in [0.25, 0.3) is 0 Å². The van der Waals surface area contributed by atoms with Crippen molar-refractivity contribution in [3.63, 3.8) is 0 Å². The molecular formula is C88H152NO24P. The second-order valence-electron chi connectivity index (χ2n) is 32.3. The Balaban J connectivity index is 1.77. The number of unbranched alkanes of at least 4 members (excludes halogenated alkanes) is 28. The Morgan fingerprint density at radius 2 is 1.01 bits per heavy atom. The third kappa shape index (κ3) is 47.4. The number of rotatable bonds is 45. The topological polar surface area (TPSA) is 405 Å². The van der Waals surface area contributed by atoms with Gasteiger partial charge in [0.05, 0.1) is 92.4 Å². The number of fused-ring (bicyclic) bond motifs is 2. The smallest absolute Gasteiger partial charge is 0.329 e. The van der Waals surface area contributed by atoms with Crippen molar-refractivity contribution < 1.29 is 118 Å². The van der Waals surface area contributed by atoms with E-state index in [-0.39, 0.29) is 44.6 Å². The number of esters is 3. The van der Waals surface area contributed by atoms with Gasteiger partial charge in [-0.1, -0.05) is 293 Å². The van der Waals surface area contributed by atoms with Crippen molar-refractivity contribution in [1.82, 2.24) is 5.32 Å². The quantitative estimate of drug-likeness (QED) is 0.0117. The number of aliphatic hydroxyl groups excluding tert-OH is 9. The highest BCUT2D eigenvalue weighted by Gasteiger charge is 2.51. The zero-order chi connectivity index (χ0) is 83.9. The van der Waals surface area contributed by atoms with Crippen molar-refractivity contribution in [2.45, 2.75) is 402 Å². The van der Waals surface area contributed by atoms with E-state index >= 15 is 0 Å². The number of aliphatic hydroxyl groups is 10. The fourth-order valence-corrected chi connectivity index (χ4v) is 15.7. The average molecular weight is 1640 g/mol. The second-order valence-corrected chi connectivity index (χ2v) is 34.3. The summed E-state index contributed by atoms with van der Waals surface area (Å²) in [6.07, 6.45) is 34.5. The Labute approximate surface area is 682 Å². The van der Waals surface area contributed by atoms with E-state index in [1.807, 2.05) is 13.0 Å². The van der Waals surface area contributed by atoms with Gasteiger partial charge in [-0.25, -0.2) is 0 Å². The Kier molecular flexibility index (Phi) is 56.4. The number of hydrogen-bond donors (Lipinski definition) is 13. The minimum Gasteiger partial charge on any atom is -0.481 e. The number of carboxylic acids is 1. The van der Waals surface area contributed by atoms with Crippen LogP contribution in [0.5, 0.6) is 0 Å². The van der Waals surface area contributed by atoms with Gasteiger partial charge in [-0.15, -0.1) is 0 Å². The number of aliphatic carboxylic acids is 1. The predicted octanol–water partition coefficient (Wildman–Crippen LogP) is 13.5. The standard InChI is InChI=1S/C88H152NO24P/c1-7-9-11-13-15-17-19-21-23-25-31-35-39-43-47-51-78(96)107-63-73(111-79(97)52-48-44-40-36-32-26-24-22-20-18-16-14-12-10-8-2)64-108-114(105,106)56-55-89-82-84(100)68(6)110-87(85(82)101)112-72-50-46-42-38-34-30-28-27-29-33-37-41-45-49-65(3)83(99)66(4)67(5)109-80(98)59-70(91)57-69(90)53-54-74(93)75(94)58-71(92)61-88(104)62-76(95)81(86(102)103)77(60-72)113-88/h27-30,33-34,37-38,41-42,45-46,49-50,65-77,81-85,87,89-95,99-101,104H,7-26,31-32,35-36,39-40,43-44,47-48,51-64H2,1-6H3,(H,102,103)(H,105,106)/b28-27+,33-29+,34-30+,41-37+,42-38+,49-45+,50-46+/t65-,66-,67-,68+,69+,70+,71-,72-,73+,74+,75+,76-,77-,81+,82-,83+,84+,85-,87-,88+/m0/s1. The summed E-state index contributed by atoms with van der Waals surface area (Å²) >= 11 is 0. The first-order valence-electron chi connectivity index (χ1n) is 43.6. The lowest BCUT2D eigenvalue weighted by Gasteiger charge is -2.45. The highest BCUT2D eigenvalue weighted by molar-refractivity contribution is 7.52. The first-order chi connectivity index (χ1) is 54.6. The van der Waals surface area contributed by atoms with Gasteiger partial charge in [0.15, 0.2) is 18.2 Å². The van der Waals surface area contributed by atoms with E-state index in [2.05, 4.69) is 19.2 Å². The van der Waals surface area contributed by atoms with E-state index in [0.29, 0.717) is 12.8 Å². The molecule has 0 aromatic heterocycles. The summed E-state index contributed by atoms with van der Waals surface area (Å²) in [5.74, 6) is -8.27. The van der Waals surface area contributed by atoms with E-state index in [1.165, 1.54) is 141 Å². The molecular weight excluding hydrogens is 1490 g/mol. The Hall–Kier alpha value is -4.35. The molecule has 3 aliphatic heterocycles. The fraction of sp³-hybridized carbons (Fsp3) is 0.795. The molecule has 0 spiro atoms.